The molecule has 1 unspecified atom stereocenters. The monoisotopic (exact) mass is 308 g/mol. The molecule has 0 spiro atoms. The number of aliphatic hydroxyl groups is 1. The van der Waals surface area contributed by atoms with E-state index in [0.717, 1.165) is 16.5 Å². The van der Waals surface area contributed by atoms with Crippen LogP contribution in [0.2, 0.25) is 0 Å². The first-order valence-corrected chi connectivity index (χ1v) is 7.94. The minimum Gasteiger partial charge on any atom is -0.511 e. The first-order chi connectivity index (χ1) is 11.1. The number of fused-ring (bicyclic) bond motifs is 1. The maximum absolute atomic E-state index is 9.39. The summed E-state index contributed by atoms with van der Waals surface area (Å²) in [7, 11) is 0. The van der Waals surface area contributed by atoms with Crippen LogP contribution in [0.5, 0.6) is 0 Å². The number of aliphatic hydroxyl groups excluding tert-OH is 1. The SMILES string of the molecule is C=C(O)C(N)Cc1c[nH]c2ccc(-c3ccccc3)cc12.CC. The molecule has 0 aliphatic rings. The summed E-state index contributed by atoms with van der Waals surface area (Å²) in [4.78, 5) is 3.24. The number of rotatable bonds is 4. The van der Waals surface area contributed by atoms with Gasteiger partial charge in [0.1, 0.15) is 5.76 Å². The summed E-state index contributed by atoms with van der Waals surface area (Å²) in [5.41, 5.74) is 10.4. The van der Waals surface area contributed by atoms with Gasteiger partial charge in [-0.2, -0.15) is 0 Å². The van der Waals surface area contributed by atoms with Crippen LogP contribution in [-0.2, 0) is 6.42 Å². The van der Waals surface area contributed by atoms with Crippen molar-refractivity contribution in [2.75, 3.05) is 0 Å². The van der Waals surface area contributed by atoms with Crippen LogP contribution in [0.25, 0.3) is 22.0 Å². The minimum absolute atomic E-state index is 0.0172. The van der Waals surface area contributed by atoms with Crippen molar-refractivity contribution in [1.82, 2.24) is 4.98 Å². The molecule has 2 aromatic carbocycles. The summed E-state index contributed by atoms with van der Waals surface area (Å²) in [5, 5.41) is 10.5. The molecular weight excluding hydrogens is 284 g/mol. The highest BCUT2D eigenvalue weighted by molar-refractivity contribution is 5.88. The first kappa shape index (κ1) is 16.8. The zero-order chi connectivity index (χ0) is 16.8. The third-order valence-electron chi connectivity index (χ3n) is 3.74. The predicted molar refractivity (Wildman–Crippen MR) is 98.5 cm³/mol. The molecule has 0 bridgehead atoms. The highest BCUT2D eigenvalue weighted by Crippen LogP contribution is 2.27. The largest absolute Gasteiger partial charge is 0.511 e. The highest BCUT2D eigenvalue weighted by Gasteiger charge is 2.11. The lowest BCUT2D eigenvalue weighted by Gasteiger charge is -2.09. The lowest BCUT2D eigenvalue weighted by atomic mass is 10.00. The molecule has 0 aliphatic carbocycles. The zero-order valence-corrected chi connectivity index (χ0v) is 13.7. The lowest BCUT2D eigenvalue weighted by molar-refractivity contribution is 0.369. The van der Waals surface area contributed by atoms with Gasteiger partial charge in [0.2, 0.25) is 0 Å². The topological polar surface area (TPSA) is 62.0 Å². The van der Waals surface area contributed by atoms with E-state index in [1.165, 1.54) is 11.1 Å². The highest BCUT2D eigenvalue weighted by atomic mass is 16.3. The van der Waals surface area contributed by atoms with Crippen LogP contribution < -0.4 is 5.73 Å². The van der Waals surface area contributed by atoms with Crippen LogP contribution in [0.1, 0.15) is 19.4 Å². The summed E-state index contributed by atoms with van der Waals surface area (Å²) in [6, 6.07) is 16.1. The zero-order valence-electron chi connectivity index (χ0n) is 13.7. The molecule has 3 nitrogen and oxygen atoms in total. The van der Waals surface area contributed by atoms with Crippen LogP contribution >= 0.6 is 0 Å². The Balaban J connectivity index is 0.000000924. The first-order valence-electron chi connectivity index (χ1n) is 7.94. The minimum atomic E-state index is -0.440. The Morgan fingerprint density at radius 1 is 1.13 bits per heavy atom. The Morgan fingerprint density at radius 3 is 2.48 bits per heavy atom. The van der Waals surface area contributed by atoms with Gasteiger partial charge in [-0.3, -0.25) is 0 Å². The Hall–Kier alpha value is -2.52. The molecule has 0 fully saturated rings. The standard InChI is InChI=1S/C18H18N2O.C2H6/c1-12(21)17(19)10-15-11-20-18-8-7-14(9-16(15)18)13-5-3-2-4-6-13;1-2/h2-9,11,17,20-21H,1,10,19H2;1-2H3. The second kappa shape index (κ2) is 7.65. The van der Waals surface area contributed by atoms with Gasteiger partial charge in [0.05, 0.1) is 6.04 Å². The lowest BCUT2D eigenvalue weighted by Crippen LogP contribution is -2.24. The number of nitrogens with one attached hydrogen (secondary N) is 1. The van der Waals surface area contributed by atoms with Crippen molar-refractivity contribution in [3.05, 3.63) is 72.6 Å². The maximum Gasteiger partial charge on any atom is 0.102 e. The number of nitrogens with two attached hydrogens (primary N) is 1. The van der Waals surface area contributed by atoms with Gasteiger partial charge in [0.25, 0.3) is 0 Å². The Kier molecular flexibility index (Phi) is 5.61. The van der Waals surface area contributed by atoms with Crippen LogP contribution in [0.15, 0.2) is 67.1 Å². The third kappa shape index (κ3) is 3.82. The van der Waals surface area contributed by atoms with E-state index in [2.05, 4.69) is 41.9 Å². The fraction of sp³-hybridized carbons (Fsp3) is 0.200. The van der Waals surface area contributed by atoms with Gasteiger partial charge in [-0.1, -0.05) is 56.8 Å². The molecule has 4 N–H and O–H groups in total. The van der Waals surface area contributed by atoms with Crippen molar-refractivity contribution in [1.29, 1.82) is 0 Å². The van der Waals surface area contributed by atoms with Crippen molar-refractivity contribution in [3.8, 4) is 11.1 Å². The van der Waals surface area contributed by atoms with Gasteiger partial charge in [0.15, 0.2) is 0 Å². The van der Waals surface area contributed by atoms with E-state index >= 15 is 0 Å². The normalized spacial score (nSPS) is 11.6. The van der Waals surface area contributed by atoms with Crippen LogP contribution in [0, 0.1) is 0 Å². The predicted octanol–water partition coefficient (Wildman–Crippen LogP) is 4.80. The van der Waals surface area contributed by atoms with E-state index < -0.39 is 6.04 Å². The molecule has 120 valence electrons. The Morgan fingerprint density at radius 2 is 1.83 bits per heavy atom. The van der Waals surface area contributed by atoms with Gasteiger partial charge in [-0.15, -0.1) is 0 Å². The number of hydrogen-bond donors (Lipinski definition) is 3. The summed E-state index contributed by atoms with van der Waals surface area (Å²) < 4.78 is 0. The van der Waals surface area contributed by atoms with Crippen molar-refractivity contribution in [2.24, 2.45) is 5.73 Å². The molecule has 3 heteroatoms. The van der Waals surface area contributed by atoms with Crippen LogP contribution in [0.3, 0.4) is 0 Å². The van der Waals surface area contributed by atoms with Crippen LogP contribution in [0.4, 0.5) is 0 Å². The summed E-state index contributed by atoms with van der Waals surface area (Å²) in [5.74, 6) is 0.0172. The number of aromatic nitrogens is 1. The number of aromatic amines is 1. The molecule has 0 saturated carbocycles. The fourth-order valence-corrected chi connectivity index (χ4v) is 2.51. The molecule has 3 rings (SSSR count). The molecule has 0 amide bonds. The van der Waals surface area contributed by atoms with E-state index in [-0.39, 0.29) is 5.76 Å². The smallest absolute Gasteiger partial charge is 0.102 e. The van der Waals surface area contributed by atoms with E-state index in [4.69, 9.17) is 5.73 Å². The molecule has 1 atom stereocenters. The average Bonchev–Trinajstić information content (AvgIpc) is 2.99. The molecule has 23 heavy (non-hydrogen) atoms. The third-order valence-corrected chi connectivity index (χ3v) is 3.74. The Labute approximate surface area is 137 Å². The molecule has 0 saturated heterocycles. The molecule has 0 radical (unpaired) electrons. The molecule has 0 aliphatic heterocycles. The van der Waals surface area contributed by atoms with Gasteiger partial charge < -0.3 is 15.8 Å². The van der Waals surface area contributed by atoms with Gasteiger partial charge in [-0.05, 0) is 35.2 Å². The quantitative estimate of drug-likeness (QED) is 0.606. The van der Waals surface area contributed by atoms with Crippen molar-refractivity contribution < 1.29 is 5.11 Å². The van der Waals surface area contributed by atoms with Crippen molar-refractivity contribution in [3.63, 3.8) is 0 Å². The Bertz CT molecular complexity index is 775. The van der Waals surface area contributed by atoms with E-state index in [1.54, 1.807) is 0 Å². The van der Waals surface area contributed by atoms with Gasteiger partial charge in [0, 0.05) is 17.1 Å². The van der Waals surface area contributed by atoms with Crippen LogP contribution in [-0.4, -0.2) is 16.1 Å². The summed E-state index contributed by atoms with van der Waals surface area (Å²) in [6.45, 7) is 7.50. The number of benzene rings is 2. The van der Waals surface area contributed by atoms with E-state index in [9.17, 15) is 5.11 Å². The molecule has 1 heterocycles. The van der Waals surface area contributed by atoms with E-state index in [0.29, 0.717) is 6.42 Å². The maximum atomic E-state index is 9.39. The second-order valence-corrected chi connectivity index (χ2v) is 5.24. The van der Waals surface area contributed by atoms with Gasteiger partial charge >= 0.3 is 0 Å². The van der Waals surface area contributed by atoms with Crippen molar-refractivity contribution >= 4 is 10.9 Å². The molecular formula is C20H24N2O. The molecule has 1 aromatic heterocycles. The summed E-state index contributed by atoms with van der Waals surface area (Å²) in [6.07, 6.45) is 2.51. The number of H-pyrrole nitrogens is 1. The fourth-order valence-electron chi connectivity index (χ4n) is 2.51. The summed E-state index contributed by atoms with van der Waals surface area (Å²) >= 11 is 0. The number of hydrogen-bond acceptors (Lipinski definition) is 2. The van der Waals surface area contributed by atoms with Gasteiger partial charge in [-0.25, -0.2) is 0 Å². The second-order valence-electron chi connectivity index (χ2n) is 5.24. The molecule has 3 aromatic rings. The van der Waals surface area contributed by atoms with E-state index in [1.807, 2.05) is 38.2 Å². The van der Waals surface area contributed by atoms with Crippen molar-refractivity contribution in [2.45, 2.75) is 26.3 Å². The average molecular weight is 308 g/mol.